The van der Waals surface area contributed by atoms with Crippen LogP contribution in [0.25, 0.3) is 0 Å². The molecule has 2 N–H and O–H groups in total. The van der Waals surface area contributed by atoms with E-state index in [9.17, 15) is 0 Å². The van der Waals surface area contributed by atoms with Gasteiger partial charge in [-0.15, -0.1) is 0 Å². The smallest absolute Gasteiger partial charge is 0.119 e. The van der Waals surface area contributed by atoms with Gasteiger partial charge >= 0.3 is 0 Å². The Morgan fingerprint density at radius 2 is 2.11 bits per heavy atom. The minimum Gasteiger partial charge on any atom is -0.494 e. The number of hydrogen-bond acceptors (Lipinski definition) is 3. The van der Waals surface area contributed by atoms with E-state index in [1.807, 2.05) is 30.3 Å². The zero-order chi connectivity index (χ0) is 13.1. The highest BCUT2D eigenvalue weighted by Crippen LogP contribution is 2.49. The molecule has 1 aromatic rings. The first-order chi connectivity index (χ1) is 9.32. The summed E-state index contributed by atoms with van der Waals surface area (Å²) in [6.07, 6.45) is 6.63. The topological polar surface area (TPSA) is 44.5 Å². The molecule has 19 heavy (non-hydrogen) atoms. The van der Waals surface area contributed by atoms with E-state index < -0.39 is 0 Å². The van der Waals surface area contributed by atoms with E-state index in [0.717, 1.165) is 38.2 Å². The van der Waals surface area contributed by atoms with Gasteiger partial charge in [-0.3, -0.25) is 0 Å². The first kappa shape index (κ1) is 12.9. The van der Waals surface area contributed by atoms with E-state index >= 15 is 0 Å². The van der Waals surface area contributed by atoms with E-state index in [4.69, 9.17) is 15.2 Å². The summed E-state index contributed by atoms with van der Waals surface area (Å²) in [5.74, 6) is 0.952. The minimum atomic E-state index is 0.225. The van der Waals surface area contributed by atoms with Crippen LogP contribution in [0.3, 0.4) is 0 Å². The lowest BCUT2D eigenvalue weighted by molar-refractivity contribution is 0.0572. The van der Waals surface area contributed by atoms with E-state index in [2.05, 4.69) is 0 Å². The maximum absolute atomic E-state index is 6.03. The van der Waals surface area contributed by atoms with E-state index in [-0.39, 0.29) is 5.41 Å². The Bertz CT molecular complexity index is 408. The quantitative estimate of drug-likeness (QED) is 0.801. The number of benzene rings is 1. The van der Waals surface area contributed by atoms with Gasteiger partial charge in [0.2, 0.25) is 0 Å². The van der Waals surface area contributed by atoms with Gasteiger partial charge in [0.1, 0.15) is 5.75 Å². The van der Waals surface area contributed by atoms with Crippen molar-refractivity contribution in [1.29, 1.82) is 0 Å². The van der Waals surface area contributed by atoms with Crippen LogP contribution < -0.4 is 10.5 Å². The van der Waals surface area contributed by atoms with Crippen molar-refractivity contribution in [2.45, 2.75) is 44.3 Å². The Kier molecular flexibility index (Phi) is 3.76. The van der Waals surface area contributed by atoms with E-state index in [1.165, 1.54) is 12.8 Å². The van der Waals surface area contributed by atoms with Gasteiger partial charge in [-0.2, -0.15) is 0 Å². The van der Waals surface area contributed by atoms with Crippen LogP contribution in [0.4, 0.5) is 0 Å². The first-order valence-electron chi connectivity index (χ1n) is 7.36. The van der Waals surface area contributed by atoms with Gasteiger partial charge in [-0.1, -0.05) is 18.2 Å². The second kappa shape index (κ2) is 5.51. The van der Waals surface area contributed by atoms with Crippen LogP contribution in [-0.4, -0.2) is 25.4 Å². The number of para-hydroxylation sites is 1. The van der Waals surface area contributed by atoms with Crippen molar-refractivity contribution in [1.82, 2.24) is 0 Å². The van der Waals surface area contributed by atoms with Crippen LogP contribution in [0, 0.1) is 5.41 Å². The molecule has 2 fully saturated rings. The first-order valence-corrected chi connectivity index (χ1v) is 7.36. The molecule has 2 bridgehead atoms. The Labute approximate surface area is 115 Å². The summed E-state index contributed by atoms with van der Waals surface area (Å²) in [6, 6.07) is 10.0. The molecule has 104 valence electrons. The molecular weight excluding hydrogens is 238 g/mol. The molecule has 3 unspecified atom stereocenters. The molecule has 0 aliphatic carbocycles. The summed E-state index contributed by atoms with van der Waals surface area (Å²) in [6.45, 7) is 1.52. The maximum atomic E-state index is 6.03. The third-order valence-electron chi connectivity index (χ3n) is 4.66. The maximum Gasteiger partial charge on any atom is 0.119 e. The van der Waals surface area contributed by atoms with Crippen LogP contribution >= 0.6 is 0 Å². The molecule has 2 aliphatic heterocycles. The average molecular weight is 261 g/mol. The Morgan fingerprint density at radius 1 is 1.26 bits per heavy atom. The van der Waals surface area contributed by atoms with Gasteiger partial charge in [-0.25, -0.2) is 0 Å². The summed E-state index contributed by atoms with van der Waals surface area (Å²) in [5, 5.41) is 0. The molecule has 2 aliphatic rings. The fraction of sp³-hybridized carbons (Fsp3) is 0.625. The summed E-state index contributed by atoms with van der Waals surface area (Å²) in [5.41, 5.74) is 6.25. The number of fused-ring (bicyclic) bond motifs is 2. The van der Waals surface area contributed by atoms with Gasteiger partial charge in [0.25, 0.3) is 0 Å². The molecule has 2 saturated heterocycles. The SMILES string of the molecule is NCC1(CCCOc2ccccc2)CC2CCC1O2. The lowest BCUT2D eigenvalue weighted by Crippen LogP contribution is -2.39. The van der Waals surface area contributed by atoms with Crippen molar-refractivity contribution in [3.63, 3.8) is 0 Å². The summed E-state index contributed by atoms with van der Waals surface area (Å²) in [7, 11) is 0. The molecule has 0 amide bonds. The number of nitrogens with two attached hydrogens (primary N) is 1. The molecule has 1 aromatic carbocycles. The molecule has 0 radical (unpaired) electrons. The van der Waals surface area contributed by atoms with Crippen LogP contribution in [0.5, 0.6) is 5.75 Å². The second-order valence-electron chi connectivity index (χ2n) is 5.86. The second-order valence-corrected chi connectivity index (χ2v) is 5.86. The predicted octanol–water partition coefficient (Wildman–Crippen LogP) is 2.74. The van der Waals surface area contributed by atoms with Crippen molar-refractivity contribution in [2.24, 2.45) is 11.1 Å². The zero-order valence-corrected chi connectivity index (χ0v) is 11.4. The third-order valence-corrected chi connectivity index (χ3v) is 4.66. The Hall–Kier alpha value is -1.06. The fourth-order valence-corrected chi connectivity index (χ4v) is 3.60. The molecule has 0 saturated carbocycles. The molecule has 2 heterocycles. The normalized spacial score (nSPS) is 32.7. The van der Waals surface area contributed by atoms with Crippen LogP contribution in [0.2, 0.25) is 0 Å². The summed E-state index contributed by atoms with van der Waals surface area (Å²) in [4.78, 5) is 0. The molecular formula is C16H23NO2. The fourth-order valence-electron chi connectivity index (χ4n) is 3.60. The van der Waals surface area contributed by atoms with E-state index in [1.54, 1.807) is 0 Å². The number of ether oxygens (including phenoxy) is 2. The monoisotopic (exact) mass is 261 g/mol. The average Bonchev–Trinajstić information content (AvgIpc) is 3.06. The van der Waals surface area contributed by atoms with Crippen LogP contribution in [0.15, 0.2) is 30.3 Å². The third kappa shape index (κ3) is 2.63. The highest BCUT2D eigenvalue weighted by Gasteiger charge is 2.50. The zero-order valence-electron chi connectivity index (χ0n) is 11.4. The lowest BCUT2D eigenvalue weighted by Gasteiger charge is -2.34. The van der Waals surface area contributed by atoms with Crippen molar-refractivity contribution in [3.05, 3.63) is 30.3 Å². The summed E-state index contributed by atoms with van der Waals surface area (Å²) < 4.78 is 11.7. The Morgan fingerprint density at radius 3 is 2.74 bits per heavy atom. The van der Waals surface area contributed by atoms with Crippen molar-refractivity contribution < 1.29 is 9.47 Å². The molecule has 3 nitrogen and oxygen atoms in total. The molecule has 3 rings (SSSR count). The molecule has 3 heteroatoms. The standard InChI is InChI=1S/C16H23NO2/c17-12-16(11-14-7-8-15(16)19-14)9-4-10-18-13-5-2-1-3-6-13/h1-3,5-6,14-15H,4,7-12,17H2. The molecule has 0 spiro atoms. The molecule has 0 aromatic heterocycles. The largest absolute Gasteiger partial charge is 0.494 e. The van der Waals surface area contributed by atoms with Gasteiger partial charge in [-0.05, 0) is 44.2 Å². The highest BCUT2D eigenvalue weighted by molar-refractivity contribution is 5.20. The number of rotatable bonds is 6. The van der Waals surface area contributed by atoms with Crippen LogP contribution in [0.1, 0.15) is 32.1 Å². The summed E-state index contributed by atoms with van der Waals surface area (Å²) >= 11 is 0. The van der Waals surface area contributed by atoms with Gasteiger partial charge in [0.05, 0.1) is 18.8 Å². The minimum absolute atomic E-state index is 0.225. The Balaban J connectivity index is 1.47. The van der Waals surface area contributed by atoms with Gasteiger partial charge < -0.3 is 15.2 Å². The number of hydrogen-bond donors (Lipinski definition) is 1. The molecule has 3 atom stereocenters. The predicted molar refractivity (Wildman–Crippen MR) is 75.2 cm³/mol. The van der Waals surface area contributed by atoms with E-state index in [0.29, 0.717) is 12.2 Å². The van der Waals surface area contributed by atoms with Crippen molar-refractivity contribution in [2.75, 3.05) is 13.2 Å². The van der Waals surface area contributed by atoms with Gasteiger partial charge in [0.15, 0.2) is 0 Å². The van der Waals surface area contributed by atoms with Crippen molar-refractivity contribution >= 4 is 0 Å². The van der Waals surface area contributed by atoms with Crippen LogP contribution in [-0.2, 0) is 4.74 Å². The highest BCUT2D eigenvalue weighted by atomic mass is 16.5. The van der Waals surface area contributed by atoms with Crippen molar-refractivity contribution in [3.8, 4) is 5.75 Å². The lowest BCUT2D eigenvalue weighted by atomic mass is 9.71. The van der Waals surface area contributed by atoms with Gasteiger partial charge in [0, 0.05) is 12.0 Å².